The van der Waals surface area contributed by atoms with Crippen molar-refractivity contribution in [1.82, 2.24) is 5.32 Å². The smallest absolute Gasteiger partial charge is 0.310 e. The zero-order chi connectivity index (χ0) is 16.5. The highest BCUT2D eigenvalue weighted by molar-refractivity contribution is 8.00. The Balaban J connectivity index is 4.48. The van der Waals surface area contributed by atoms with Crippen molar-refractivity contribution in [2.45, 2.75) is 52.2 Å². The quantitative estimate of drug-likeness (QED) is 0.660. The first-order chi connectivity index (χ1) is 9.69. The Hall–Kier alpha value is -1.04. The lowest BCUT2D eigenvalue weighted by Crippen LogP contribution is -2.32. The lowest BCUT2D eigenvalue weighted by molar-refractivity contribution is -0.148. The molecule has 0 saturated carbocycles. The van der Waals surface area contributed by atoms with E-state index in [4.69, 9.17) is 4.74 Å². The summed E-state index contributed by atoms with van der Waals surface area (Å²) in [4.78, 5) is 34.9. The van der Waals surface area contributed by atoms with Gasteiger partial charge in [-0.3, -0.25) is 14.4 Å². The molecule has 0 aliphatic carbocycles. The largest absolute Gasteiger partial charge is 0.466 e. The minimum atomic E-state index is -0.458. The topological polar surface area (TPSA) is 72.5 Å². The van der Waals surface area contributed by atoms with E-state index in [9.17, 15) is 14.4 Å². The second-order valence-electron chi connectivity index (χ2n) is 5.75. The van der Waals surface area contributed by atoms with E-state index in [0.717, 1.165) is 0 Å². The molecule has 6 heteroatoms. The van der Waals surface area contributed by atoms with Gasteiger partial charge in [-0.25, -0.2) is 0 Å². The van der Waals surface area contributed by atoms with E-state index in [1.807, 2.05) is 0 Å². The first kappa shape index (κ1) is 20.0. The third-order valence-electron chi connectivity index (χ3n) is 2.62. The molecule has 0 aromatic carbocycles. The summed E-state index contributed by atoms with van der Waals surface area (Å²) in [7, 11) is 0. The van der Waals surface area contributed by atoms with E-state index in [2.05, 4.69) is 26.1 Å². The van der Waals surface area contributed by atoms with Gasteiger partial charge in [0.2, 0.25) is 5.91 Å². The van der Waals surface area contributed by atoms with Crippen LogP contribution >= 0.6 is 11.8 Å². The van der Waals surface area contributed by atoms with Gasteiger partial charge in [0.25, 0.3) is 0 Å². The highest BCUT2D eigenvalue weighted by Crippen LogP contribution is 2.27. The molecule has 0 radical (unpaired) electrons. The average molecular weight is 317 g/mol. The summed E-state index contributed by atoms with van der Waals surface area (Å²) in [5, 5.41) is 2.53. The van der Waals surface area contributed by atoms with E-state index < -0.39 is 5.92 Å². The first-order valence-electron chi connectivity index (χ1n) is 7.28. The van der Waals surface area contributed by atoms with Crippen LogP contribution in [0.2, 0.25) is 0 Å². The van der Waals surface area contributed by atoms with Crippen LogP contribution in [0.5, 0.6) is 0 Å². The maximum atomic E-state index is 11.9. The molecule has 0 aromatic heterocycles. The molecule has 0 heterocycles. The molecule has 122 valence electrons. The maximum absolute atomic E-state index is 11.9. The molecule has 0 spiro atoms. The summed E-state index contributed by atoms with van der Waals surface area (Å²) >= 11 is 1.63. The standard InChI is InChI=1S/C15H27NO4S/c1-6-13(18)16-9-12(17)8-11(14(19)20-7-2)10-21-15(3,4)5/h11H,6-10H2,1-5H3,(H,16,18)/t11-/m0/s1. The van der Waals surface area contributed by atoms with E-state index >= 15 is 0 Å². The van der Waals surface area contributed by atoms with E-state index in [-0.39, 0.29) is 35.4 Å². The van der Waals surface area contributed by atoms with Crippen molar-refractivity contribution >= 4 is 29.4 Å². The molecule has 1 amide bonds. The van der Waals surface area contributed by atoms with Crippen LogP contribution in [0.4, 0.5) is 0 Å². The third kappa shape index (κ3) is 10.3. The van der Waals surface area contributed by atoms with Crippen molar-refractivity contribution in [3.8, 4) is 0 Å². The molecule has 0 rings (SSSR count). The fourth-order valence-corrected chi connectivity index (χ4v) is 2.45. The Bertz CT molecular complexity index is 363. The number of esters is 1. The van der Waals surface area contributed by atoms with Crippen molar-refractivity contribution in [2.75, 3.05) is 18.9 Å². The monoisotopic (exact) mass is 317 g/mol. The summed E-state index contributed by atoms with van der Waals surface area (Å²) in [6.07, 6.45) is 0.445. The Morgan fingerprint density at radius 3 is 2.29 bits per heavy atom. The van der Waals surface area contributed by atoms with Crippen LogP contribution in [0.3, 0.4) is 0 Å². The Morgan fingerprint density at radius 2 is 1.81 bits per heavy atom. The maximum Gasteiger partial charge on any atom is 0.310 e. The Kier molecular flexibility index (Phi) is 9.33. The number of amides is 1. The summed E-state index contributed by atoms with van der Waals surface area (Å²) in [5.41, 5.74) is 0. The molecule has 21 heavy (non-hydrogen) atoms. The van der Waals surface area contributed by atoms with Gasteiger partial charge in [0.15, 0.2) is 5.78 Å². The fourth-order valence-electron chi connectivity index (χ4n) is 1.49. The molecule has 0 fully saturated rings. The van der Waals surface area contributed by atoms with Crippen molar-refractivity contribution in [3.63, 3.8) is 0 Å². The second-order valence-corrected chi connectivity index (χ2v) is 7.59. The van der Waals surface area contributed by atoms with Gasteiger partial charge in [-0.1, -0.05) is 27.7 Å². The number of thioether (sulfide) groups is 1. The van der Waals surface area contributed by atoms with Crippen LogP contribution in [0.1, 0.15) is 47.5 Å². The normalized spacial score (nSPS) is 12.6. The predicted molar refractivity (Wildman–Crippen MR) is 85.3 cm³/mol. The SMILES string of the molecule is CCOC(=O)[C@H](CSC(C)(C)C)CC(=O)CNC(=O)CC. The number of carbonyl (C=O) groups excluding carboxylic acids is 3. The number of carbonyl (C=O) groups is 3. The van der Waals surface area contributed by atoms with Gasteiger partial charge in [-0.15, -0.1) is 0 Å². The number of ether oxygens (including phenoxy) is 1. The molecule has 0 aromatic rings. The van der Waals surface area contributed by atoms with E-state index in [1.54, 1.807) is 25.6 Å². The zero-order valence-corrected chi connectivity index (χ0v) is 14.5. The van der Waals surface area contributed by atoms with Gasteiger partial charge in [-0.2, -0.15) is 11.8 Å². The highest BCUT2D eigenvalue weighted by Gasteiger charge is 2.25. The first-order valence-corrected chi connectivity index (χ1v) is 8.27. The molecule has 0 bridgehead atoms. The molecule has 0 aliphatic rings. The number of hydrogen-bond donors (Lipinski definition) is 1. The molecule has 0 saturated heterocycles. The third-order valence-corrected chi connectivity index (χ3v) is 4.05. The van der Waals surface area contributed by atoms with E-state index in [0.29, 0.717) is 18.8 Å². The van der Waals surface area contributed by atoms with Crippen LogP contribution in [-0.4, -0.2) is 41.3 Å². The van der Waals surface area contributed by atoms with Gasteiger partial charge < -0.3 is 10.1 Å². The zero-order valence-electron chi connectivity index (χ0n) is 13.7. The summed E-state index contributed by atoms with van der Waals surface area (Å²) in [5.74, 6) is -0.579. The fraction of sp³-hybridized carbons (Fsp3) is 0.800. The van der Waals surface area contributed by atoms with Crippen molar-refractivity contribution in [3.05, 3.63) is 0 Å². The number of hydrogen-bond acceptors (Lipinski definition) is 5. The Morgan fingerprint density at radius 1 is 1.19 bits per heavy atom. The van der Waals surface area contributed by atoms with Crippen LogP contribution in [0.25, 0.3) is 0 Å². The highest BCUT2D eigenvalue weighted by atomic mass is 32.2. The summed E-state index contributed by atoms with van der Waals surface area (Å²) in [6.45, 7) is 9.92. The van der Waals surface area contributed by atoms with Crippen LogP contribution in [0, 0.1) is 5.92 Å². The van der Waals surface area contributed by atoms with Crippen molar-refractivity contribution in [2.24, 2.45) is 5.92 Å². The molecule has 5 nitrogen and oxygen atoms in total. The van der Waals surface area contributed by atoms with Crippen LogP contribution in [0.15, 0.2) is 0 Å². The van der Waals surface area contributed by atoms with Gasteiger partial charge in [-0.05, 0) is 6.92 Å². The number of nitrogens with one attached hydrogen (secondary N) is 1. The summed E-state index contributed by atoms with van der Waals surface area (Å²) in [6, 6.07) is 0. The molecular formula is C15H27NO4S. The molecule has 1 N–H and O–H groups in total. The lowest BCUT2D eigenvalue weighted by Gasteiger charge is -2.21. The summed E-state index contributed by atoms with van der Waals surface area (Å²) < 4.78 is 5.04. The van der Waals surface area contributed by atoms with Gasteiger partial charge in [0.05, 0.1) is 19.1 Å². The van der Waals surface area contributed by atoms with Crippen LogP contribution < -0.4 is 5.32 Å². The Labute approximate surface area is 131 Å². The molecular weight excluding hydrogens is 290 g/mol. The van der Waals surface area contributed by atoms with E-state index in [1.165, 1.54) is 0 Å². The predicted octanol–water partition coefficient (Wildman–Crippen LogP) is 2.18. The van der Waals surface area contributed by atoms with Crippen molar-refractivity contribution in [1.29, 1.82) is 0 Å². The number of ketones is 1. The molecule has 0 aliphatic heterocycles. The lowest BCUT2D eigenvalue weighted by atomic mass is 10.0. The minimum absolute atomic E-state index is 0.0181. The van der Waals surface area contributed by atoms with Gasteiger partial charge in [0, 0.05) is 23.3 Å². The molecule has 0 unspecified atom stereocenters. The number of Topliss-reactive ketones (excluding diaryl/α,β-unsaturated/α-hetero) is 1. The van der Waals surface area contributed by atoms with Crippen LogP contribution in [-0.2, 0) is 19.1 Å². The molecule has 1 atom stereocenters. The average Bonchev–Trinajstić information content (AvgIpc) is 2.39. The van der Waals surface area contributed by atoms with Crippen molar-refractivity contribution < 1.29 is 19.1 Å². The number of rotatable bonds is 9. The minimum Gasteiger partial charge on any atom is -0.466 e. The van der Waals surface area contributed by atoms with Gasteiger partial charge >= 0.3 is 5.97 Å². The van der Waals surface area contributed by atoms with Gasteiger partial charge in [0.1, 0.15) is 0 Å². The second kappa shape index (κ2) is 9.82.